The highest BCUT2D eigenvalue weighted by Crippen LogP contribution is 2.36. The standard InChI is InChI=1S/C19H29BO4/c1-13-11-17(12-14(2)21-13)22-16-9-7-15(8-10-16)20-23-18(3,4)19(5,6)24-20/h7-10,13-14,17H,11-12H2,1-6H3. The molecular weight excluding hydrogens is 303 g/mol. The van der Waals surface area contributed by atoms with Crippen LogP contribution in [0.5, 0.6) is 5.75 Å². The van der Waals surface area contributed by atoms with Gasteiger partial charge in [0.05, 0.1) is 23.4 Å². The summed E-state index contributed by atoms with van der Waals surface area (Å²) in [7, 11) is -0.327. The summed E-state index contributed by atoms with van der Waals surface area (Å²) in [6.07, 6.45) is 2.59. The number of benzene rings is 1. The number of hydrogen-bond donors (Lipinski definition) is 0. The highest BCUT2D eigenvalue weighted by Gasteiger charge is 2.51. The topological polar surface area (TPSA) is 36.9 Å². The summed E-state index contributed by atoms with van der Waals surface area (Å²) >= 11 is 0. The van der Waals surface area contributed by atoms with Gasteiger partial charge in [0.15, 0.2) is 0 Å². The summed E-state index contributed by atoms with van der Waals surface area (Å²) in [4.78, 5) is 0. The predicted octanol–water partition coefficient (Wildman–Crippen LogP) is 3.32. The van der Waals surface area contributed by atoms with Crippen LogP contribution in [0.15, 0.2) is 24.3 Å². The predicted molar refractivity (Wildman–Crippen MR) is 95.8 cm³/mol. The molecule has 5 heteroatoms. The van der Waals surface area contributed by atoms with E-state index >= 15 is 0 Å². The second-order valence-corrected chi connectivity index (χ2v) is 8.13. The molecule has 0 spiro atoms. The van der Waals surface area contributed by atoms with E-state index < -0.39 is 0 Å². The third kappa shape index (κ3) is 3.63. The summed E-state index contributed by atoms with van der Waals surface area (Å²) in [6, 6.07) is 8.07. The second kappa shape index (κ2) is 6.36. The highest BCUT2D eigenvalue weighted by atomic mass is 16.7. The zero-order valence-corrected chi connectivity index (χ0v) is 15.7. The molecule has 2 atom stereocenters. The Bertz CT molecular complexity index is 543. The molecule has 0 saturated carbocycles. The molecule has 24 heavy (non-hydrogen) atoms. The van der Waals surface area contributed by atoms with Gasteiger partial charge in [-0.1, -0.05) is 12.1 Å². The highest BCUT2D eigenvalue weighted by molar-refractivity contribution is 6.62. The maximum atomic E-state index is 6.13. The van der Waals surface area contributed by atoms with Gasteiger partial charge in [0, 0.05) is 12.8 Å². The average molecular weight is 332 g/mol. The molecule has 1 aromatic carbocycles. The fraction of sp³-hybridized carbons (Fsp3) is 0.684. The van der Waals surface area contributed by atoms with E-state index in [-0.39, 0.29) is 36.6 Å². The summed E-state index contributed by atoms with van der Waals surface area (Å²) in [5.41, 5.74) is 0.386. The molecular formula is C19H29BO4. The Morgan fingerprint density at radius 1 is 0.917 bits per heavy atom. The molecule has 2 aliphatic rings. The quantitative estimate of drug-likeness (QED) is 0.796. The van der Waals surface area contributed by atoms with Crippen molar-refractivity contribution in [3.63, 3.8) is 0 Å². The van der Waals surface area contributed by atoms with Crippen molar-refractivity contribution in [2.45, 2.75) is 83.9 Å². The van der Waals surface area contributed by atoms with E-state index in [1.54, 1.807) is 0 Å². The zero-order chi connectivity index (χ0) is 17.5. The molecule has 2 unspecified atom stereocenters. The van der Waals surface area contributed by atoms with Crippen LogP contribution >= 0.6 is 0 Å². The Hall–Kier alpha value is -1.04. The first-order valence-corrected chi connectivity index (χ1v) is 8.94. The molecule has 2 heterocycles. The normalized spacial score (nSPS) is 31.9. The first-order chi connectivity index (χ1) is 11.2. The molecule has 0 aliphatic carbocycles. The largest absolute Gasteiger partial charge is 0.494 e. The molecule has 0 radical (unpaired) electrons. The van der Waals surface area contributed by atoms with Gasteiger partial charge in [-0.25, -0.2) is 0 Å². The zero-order valence-electron chi connectivity index (χ0n) is 15.7. The molecule has 2 saturated heterocycles. The van der Waals surface area contributed by atoms with Gasteiger partial charge in [0.1, 0.15) is 11.9 Å². The minimum absolute atomic E-state index is 0.214. The fourth-order valence-electron chi connectivity index (χ4n) is 3.32. The monoisotopic (exact) mass is 332 g/mol. The van der Waals surface area contributed by atoms with E-state index in [2.05, 4.69) is 41.5 Å². The third-order valence-corrected chi connectivity index (χ3v) is 5.36. The maximum Gasteiger partial charge on any atom is 0.494 e. The van der Waals surface area contributed by atoms with E-state index in [1.165, 1.54) is 0 Å². The van der Waals surface area contributed by atoms with Crippen LogP contribution in [0.3, 0.4) is 0 Å². The SMILES string of the molecule is CC1CC(Oc2ccc(B3OC(C)(C)C(C)(C)O3)cc2)CC(C)O1. The molecule has 132 valence electrons. The summed E-state index contributed by atoms with van der Waals surface area (Å²) in [5.74, 6) is 0.890. The van der Waals surface area contributed by atoms with Gasteiger partial charge in [-0.2, -0.15) is 0 Å². The van der Waals surface area contributed by atoms with Crippen molar-refractivity contribution in [2.24, 2.45) is 0 Å². The lowest BCUT2D eigenvalue weighted by molar-refractivity contribution is -0.0721. The fourth-order valence-corrected chi connectivity index (χ4v) is 3.32. The molecule has 3 rings (SSSR count). The summed E-state index contributed by atoms with van der Waals surface area (Å²) in [5, 5.41) is 0. The third-order valence-electron chi connectivity index (χ3n) is 5.36. The molecule has 0 N–H and O–H groups in total. The van der Waals surface area contributed by atoms with Crippen molar-refractivity contribution in [1.29, 1.82) is 0 Å². The molecule has 4 nitrogen and oxygen atoms in total. The first-order valence-electron chi connectivity index (χ1n) is 8.94. The Morgan fingerprint density at radius 2 is 1.42 bits per heavy atom. The number of rotatable bonds is 3. The van der Waals surface area contributed by atoms with Gasteiger partial charge in [0.25, 0.3) is 0 Å². The van der Waals surface area contributed by atoms with E-state index in [0.29, 0.717) is 0 Å². The van der Waals surface area contributed by atoms with Crippen LogP contribution in [0.2, 0.25) is 0 Å². The van der Waals surface area contributed by atoms with Crippen molar-refractivity contribution >= 4 is 12.6 Å². The van der Waals surface area contributed by atoms with Gasteiger partial charge in [-0.05, 0) is 59.1 Å². The van der Waals surface area contributed by atoms with E-state index in [0.717, 1.165) is 24.1 Å². The molecule has 0 amide bonds. The number of ether oxygens (including phenoxy) is 2. The Morgan fingerprint density at radius 3 is 1.92 bits per heavy atom. The maximum absolute atomic E-state index is 6.13. The lowest BCUT2D eigenvalue weighted by Gasteiger charge is -2.32. The van der Waals surface area contributed by atoms with Crippen LogP contribution in [-0.2, 0) is 14.0 Å². The van der Waals surface area contributed by atoms with Gasteiger partial charge in [-0.3, -0.25) is 0 Å². The second-order valence-electron chi connectivity index (χ2n) is 8.13. The van der Waals surface area contributed by atoms with Crippen molar-refractivity contribution < 1.29 is 18.8 Å². The van der Waals surface area contributed by atoms with Crippen molar-refractivity contribution in [3.05, 3.63) is 24.3 Å². The molecule has 0 bridgehead atoms. The van der Waals surface area contributed by atoms with Crippen LogP contribution in [-0.4, -0.2) is 36.6 Å². The first kappa shape index (κ1) is 17.8. The number of hydrogen-bond acceptors (Lipinski definition) is 4. The van der Waals surface area contributed by atoms with Crippen LogP contribution in [0.1, 0.15) is 54.4 Å². The van der Waals surface area contributed by atoms with Crippen LogP contribution in [0.4, 0.5) is 0 Å². The Kier molecular flexibility index (Phi) is 4.71. The molecule has 2 aliphatic heterocycles. The van der Waals surface area contributed by atoms with E-state index in [4.69, 9.17) is 18.8 Å². The van der Waals surface area contributed by atoms with Crippen LogP contribution < -0.4 is 10.2 Å². The lowest BCUT2D eigenvalue weighted by Crippen LogP contribution is -2.41. The Balaban J connectivity index is 1.64. The average Bonchev–Trinajstić information content (AvgIpc) is 2.67. The van der Waals surface area contributed by atoms with Gasteiger partial charge < -0.3 is 18.8 Å². The van der Waals surface area contributed by atoms with Crippen LogP contribution in [0, 0.1) is 0 Å². The van der Waals surface area contributed by atoms with Crippen molar-refractivity contribution in [1.82, 2.24) is 0 Å². The van der Waals surface area contributed by atoms with Crippen molar-refractivity contribution in [2.75, 3.05) is 0 Å². The smallest absolute Gasteiger partial charge is 0.490 e. The minimum Gasteiger partial charge on any atom is -0.490 e. The molecule has 2 fully saturated rings. The molecule has 0 aromatic heterocycles. The molecule has 1 aromatic rings. The van der Waals surface area contributed by atoms with Crippen molar-refractivity contribution in [3.8, 4) is 5.75 Å². The van der Waals surface area contributed by atoms with Gasteiger partial charge in [0.2, 0.25) is 0 Å². The summed E-state index contributed by atoms with van der Waals surface area (Å²) in [6.45, 7) is 12.5. The van der Waals surface area contributed by atoms with Gasteiger partial charge >= 0.3 is 7.12 Å². The minimum atomic E-state index is -0.327. The lowest BCUT2D eigenvalue weighted by atomic mass is 9.79. The van der Waals surface area contributed by atoms with E-state index in [1.807, 2.05) is 24.3 Å². The van der Waals surface area contributed by atoms with E-state index in [9.17, 15) is 0 Å². The summed E-state index contributed by atoms with van der Waals surface area (Å²) < 4.78 is 24.1. The van der Waals surface area contributed by atoms with Gasteiger partial charge in [-0.15, -0.1) is 0 Å². The van der Waals surface area contributed by atoms with Crippen LogP contribution in [0.25, 0.3) is 0 Å². The Labute approximate surface area is 146 Å².